The third-order valence-electron chi connectivity index (χ3n) is 3.48. The molecule has 0 unspecified atom stereocenters. The molecule has 1 aromatic rings. The summed E-state index contributed by atoms with van der Waals surface area (Å²) in [5, 5.41) is 2.86. The standard InChI is InChI=1S/C17H26N2O4/c1-14(20)19(10-4-12-22-2)11-9-17(21)18-13-15-5-7-16(23-3)8-6-15/h5-8H,4,9-13H2,1-3H3,(H,18,21). The highest BCUT2D eigenvalue weighted by atomic mass is 16.5. The number of amides is 2. The van der Waals surface area contributed by atoms with Crippen molar-refractivity contribution in [3.63, 3.8) is 0 Å². The molecule has 1 N–H and O–H groups in total. The second-order valence-electron chi connectivity index (χ2n) is 5.23. The summed E-state index contributed by atoms with van der Waals surface area (Å²) in [6.45, 7) is 3.62. The molecule has 0 aliphatic rings. The van der Waals surface area contributed by atoms with Crippen molar-refractivity contribution >= 4 is 11.8 Å². The van der Waals surface area contributed by atoms with E-state index in [-0.39, 0.29) is 11.8 Å². The fourth-order valence-corrected chi connectivity index (χ4v) is 2.10. The van der Waals surface area contributed by atoms with E-state index in [1.54, 1.807) is 19.1 Å². The first-order valence-electron chi connectivity index (χ1n) is 7.71. The summed E-state index contributed by atoms with van der Waals surface area (Å²) in [5.41, 5.74) is 1.00. The summed E-state index contributed by atoms with van der Waals surface area (Å²) in [4.78, 5) is 25.1. The van der Waals surface area contributed by atoms with Crippen LogP contribution in [-0.4, -0.2) is 50.6 Å². The Bertz CT molecular complexity index is 488. The number of nitrogens with one attached hydrogen (secondary N) is 1. The molecule has 1 rings (SSSR count). The summed E-state index contributed by atoms with van der Waals surface area (Å²) >= 11 is 0. The number of methoxy groups -OCH3 is 2. The van der Waals surface area contributed by atoms with Crippen LogP contribution in [-0.2, 0) is 20.9 Å². The van der Waals surface area contributed by atoms with Crippen molar-refractivity contribution in [2.75, 3.05) is 33.9 Å². The van der Waals surface area contributed by atoms with Gasteiger partial charge in [-0.2, -0.15) is 0 Å². The van der Waals surface area contributed by atoms with Crippen LogP contribution in [0.15, 0.2) is 24.3 Å². The minimum absolute atomic E-state index is 0.0240. The molecule has 0 spiro atoms. The van der Waals surface area contributed by atoms with Gasteiger partial charge in [0, 0.05) is 46.7 Å². The lowest BCUT2D eigenvalue weighted by atomic mass is 10.2. The molecule has 6 heteroatoms. The Morgan fingerprint density at radius 1 is 1.13 bits per heavy atom. The fraction of sp³-hybridized carbons (Fsp3) is 0.529. The van der Waals surface area contributed by atoms with Crippen molar-refractivity contribution in [3.8, 4) is 5.75 Å². The van der Waals surface area contributed by atoms with Crippen molar-refractivity contribution in [3.05, 3.63) is 29.8 Å². The van der Waals surface area contributed by atoms with E-state index in [0.717, 1.165) is 17.7 Å². The molecule has 6 nitrogen and oxygen atoms in total. The Morgan fingerprint density at radius 2 is 1.83 bits per heavy atom. The van der Waals surface area contributed by atoms with Gasteiger partial charge in [0.15, 0.2) is 0 Å². The first-order chi connectivity index (χ1) is 11.1. The number of benzene rings is 1. The van der Waals surface area contributed by atoms with Crippen LogP contribution in [0, 0.1) is 0 Å². The average Bonchev–Trinajstić information content (AvgIpc) is 2.56. The maximum Gasteiger partial charge on any atom is 0.222 e. The molecule has 1 aromatic carbocycles. The monoisotopic (exact) mass is 322 g/mol. The zero-order valence-corrected chi connectivity index (χ0v) is 14.1. The molecule has 0 aliphatic carbocycles. The molecule has 0 bridgehead atoms. The molecule has 0 radical (unpaired) electrons. The highest BCUT2D eigenvalue weighted by Gasteiger charge is 2.10. The summed E-state index contributed by atoms with van der Waals surface area (Å²) in [5.74, 6) is 0.691. The first-order valence-corrected chi connectivity index (χ1v) is 7.71. The maximum atomic E-state index is 11.9. The van der Waals surface area contributed by atoms with Crippen molar-refractivity contribution in [2.45, 2.75) is 26.3 Å². The molecule has 0 aromatic heterocycles. The molecule has 2 amide bonds. The molecular formula is C17H26N2O4. The molecule has 0 heterocycles. The van der Waals surface area contributed by atoms with Crippen LogP contribution in [0.1, 0.15) is 25.3 Å². The second kappa shape index (κ2) is 10.6. The van der Waals surface area contributed by atoms with Gasteiger partial charge in [-0.25, -0.2) is 0 Å². The smallest absolute Gasteiger partial charge is 0.222 e. The van der Waals surface area contributed by atoms with Gasteiger partial charge >= 0.3 is 0 Å². The van der Waals surface area contributed by atoms with Crippen LogP contribution in [0.3, 0.4) is 0 Å². The van der Waals surface area contributed by atoms with Gasteiger partial charge in [0.2, 0.25) is 11.8 Å². The molecule has 0 saturated carbocycles. The highest BCUT2D eigenvalue weighted by molar-refractivity contribution is 5.78. The van der Waals surface area contributed by atoms with Gasteiger partial charge < -0.3 is 19.7 Å². The Labute approximate surface area is 137 Å². The molecule has 128 valence electrons. The lowest BCUT2D eigenvalue weighted by Gasteiger charge is -2.20. The van der Waals surface area contributed by atoms with Gasteiger partial charge in [-0.15, -0.1) is 0 Å². The summed E-state index contributed by atoms with van der Waals surface area (Å²) in [6.07, 6.45) is 1.06. The van der Waals surface area contributed by atoms with Crippen LogP contribution in [0.25, 0.3) is 0 Å². The topological polar surface area (TPSA) is 67.9 Å². The maximum absolute atomic E-state index is 11.9. The predicted octanol–water partition coefficient (Wildman–Crippen LogP) is 1.59. The summed E-state index contributed by atoms with van der Waals surface area (Å²) < 4.78 is 10.1. The van der Waals surface area contributed by atoms with Gasteiger partial charge in [0.1, 0.15) is 5.75 Å². The minimum Gasteiger partial charge on any atom is -0.497 e. The zero-order valence-electron chi connectivity index (χ0n) is 14.1. The zero-order chi connectivity index (χ0) is 17.1. The van der Waals surface area contributed by atoms with E-state index >= 15 is 0 Å². The van der Waals surface area contributed by atoms with E-state index in [9.17, 15) is 9.59 Å². The first kappa shape index (κ1) is 19.0. The SMILES string of the molecule is COCCCN(CCC(=O)NCc1ccc(OC)cc1)C(C)=O. The molecule has 0 aliphatic heterocycles. The third kappa shape index (κ3) is 7.65. The van der Waals surface area contributed by atoms with Crippen LogP contribution in [0.4, 0.5) is 0 Å². The van der Waals surface area contributed by atoms with Gasteiger partial charge in [-0.05, 0) is 24.1 Å². The van der Waals surface area contributed by atoms with E-state index in [0.29, 0.717) is 32.7 Å². The predicted molar refractivity (Wildman–Crippen MR) is 88.2 cm³/mol. The fourth-order valence-electron chi connectivity index (χ4n) is 2.10. The summed E-state index contributed by atoms with van der Waals surface area (Å²) in [7, 11) is 3.24. The Balaban J connectivity index is 2.32. The Morgan fingerprint density at radius 3 is 2.39 bits per heavy atom. The van der Waals surface area contributed by atoms with E-state index in [1.165, 1.54) is 6.92 Å². The Kier molecular flexibility index (Phi) is 8.75. The van der Waals surface area contributed by atoms with Crippen molar-refractivity contribution in [1.82, 2.24) is 10.2 Å². The van der Waals surface area contributed by atoms with Gasteiger partial charge in [0.05, 0.1) is 7.11 Å². The minimum atomic E-state index is -0.0705. The number of rotatable bonds is 10. The largest absolute Gasteiger partial charge is 0.497 e. The lowest BCUT2D eigenvalue weighted by Crippen LogP contribution is -2.34. The molecule has 0 fully saturated rings. The lowest BCUT2D eigenvalue weighted by molar-refractivity contribution is -0.129. The summed E-state index contributed by atoms with van der Waals surface area (Å²) in [6, 6.07) is 7.53. The van der Waals surface area contributed by atoms with Gasteiger partial charge in [-0.1, -0.05) is 12.1 Å². The Hall–Kier alpha value is -2.08. The molecule has 0 saturated heterocycles. The van der Waals surface area contributed by atoms with Crippen molar-refractivity contribution in [2.24, 2.45) is 0 Å². The van der Waals surface area contributed by atoms with Gasteiger partial charge in [0.25, 0.3) is 0 Å². The van der Waals surface area contributed by atoms with Crippen LogP contribution in [0.2, 0.25) is 0 Å². The second-order valence-corrected chi connectivity index (χ2v) is 5.23. The van der Waals surface area contributed by atoms with Crippen molar-refractivity contribution < 1.29 is 19.1 Å². The number of hydrogen-bond donors (Lipinski definition) is 1. The number of carbonyl (C=O) groups is 2. The average molecular weight is 322 g/mol. The van der Waals surface area contributed by atoms with Crippen LogP contribution in [0.5, 0.6) is 5.75 Å². The van der Waals surface area contributed by atoms with E-state index in [1.807, 2.05) is 24.3 Å². The molecule has 23 heavy (non-hydrogen) atoms. The van der Waals surface area contributed by atoms with E-state index in [4.69, 9.17) is 9.47 Å². The number of carbonyl (C=O) groups excluding carboxylic acids is 2. The van der Waals surface area contributed by atoms with E-state index < -0.39 is 0 Å². The highest BCUT2D eigenvalue weighted by Crippen LogP contribution is 2.10. The number of nitrogens with zero attached hydrogens (tertiary/aromatic N) is 1. The molecular weight excluding hydrogens is 296 g/mol. The van der Waals surface area contributed by atoms with E-state index in [2.05, 4.69) is 5.32 Å². The van der Waals surface area contributed by atoms with Gasteiger partial charge in [-0.3, -0.25) is 9.59 Å². The number of hydrogen-bond acceptors (Lipinski definition) is 4. The van der Waals surface area contributed by atoms with Crippen LogP contribution < -0.4 is 10.1 Å². The molecule has 0 atom stereocenters. The quantitative estimate of drug-likeness (QED) is 0.664. The van der Waals surface area contributed by atoms with Crippen LogP contribution >= 0.6 is 0 Å². The van der Waals surface area contributed by atoms with Crippen molar-refractivity contribution in [1.29, 1.82) is 0 Å². The normalized spacial score (nSPS) is 10.2. The third-order valence-corrected chi connectivity index (χ3v) is 3.48. The number of ether oxygens (including phenoxy) is 2.